The predicted octanol–water partition coefficient (Wildman–Crippen LogP) is 3.32. The first-order chi connectivity index (χ1) is 9.08. The first kappa shape index (κ1) is 13.1. The van der Waals surface area contributed by atoms with Gasteiger partial charge in [0.15, 0.2) is 0 Å². The monoisotopic (exact) mass is 256 g/mol. The Morgan fingerprint density at radius 1 is 1.11 bits per heavy atom. The molecule has 1 unspecified atom stereocenters. The van der Waals surface area contributed by atoms with Crippen molar-refractivity contribution in [3.8, 4) is 16.9 Å². The van der Waals surface area contributed by atoms with Gasteiger partial charge in [-0.3, -0.25) is 4.79 Å². The van der Waals surface area contributed by atoms with E-state index in [0.717, 1.165) is 16.7 Å². The molecular weight excluding hydrogens is 240 g/mol. The highest BCUT2D eigenvalue weighted by Crippen LogP contribution is 2.28. The molecule has 2 rings (SSSR count). The second-order valence-corrected chi connectivity index (χ2v) is 4.66. The third-order valence-corrected chi connectivity index (χ3v) is 3.13. The van der Waals surface area contributed by atoms with Crippen molar-refractivity contribution in [1.29, 1.82) is 0 Å². The lowest BCUT2D eigenvalue weighted by Crippen LogP contribution is -2.12. The van der Waals surface area contributed by atoms with E-state index in [4.69, 9.17) is 5.11 Å². The van der Waals surface area contributed by atoms with Gasteiger partial charge in [0.25, 0.3) is 0 Å². The summed E-state index contributed by atoms with van der Waals surface area (Å²) in [6.07, 6.45) is 0.510. The van der Waals surface area contributed by atoms with Crippen LogP contribution in [0.25, 0.3) is 11.1 Å². The summed E-state index contributed by atoms with van der Waals surface area (Å²) in [7, 11) is 0. The normalized spacial score (nSPS) is 12.1. The summed E-state index contributed by atoms with van der Waals surface area (Å²) in [6, 6.07) is 14.8. The van der Waals surface area contributed by atoms with Gasteiger partial charge in [0, 0.05) is 5.56 Å². The highest BCUT2D eigenvalue weighted by molar-refractivity contribution is 5.71. The molecule has 0 amide bonds. The number of carboxylic acid groups (broad SMARTS) is 1. The van der Waals surface area contributed by atoms with Crippen LogP contribution < -0.4 is 0 Å². The molecule has 0 heterocycles. The Morgan fingerprint density at radius 2 is 1.74 bits per heavy atom. The van der Waals surface area contributed by atoms with Gasteiger partial charge in [-0.25, -0.2) is 0 Å². The number of aliphatic carboxylic acids is 1. The molecule has 0 aliphatic carbocycles. The zero-order valence-corrected chi connectivity index (χ0v) is 10.7. The van der Waals surface area contributed by atoms with Crippen LogP contribution in [0.3, 0.4) is 0 Å². The van der Waals surface area contributed by atoms with E-state index in [9.17, 15) is 9.90 Å². The zero-order valence-electron chi connectivity index (χ0n) is 10.7. The number of para-hydroxylation sites is 1. The van der Waals surface area contributed by atoms with Crippen LogP contribution in [0.1, 0.15) is 12.5 Å². The van der Waals surface area contributed by atoms with Gasteiger partial charge >= 0.3 is 5.97 Å². The Labute approximate surface area is 112 Å². The maximum atomic E-state index is 10.8. The topological polar surface area (TPSA) is 57.5 Å². The minimum absolute atomic E-state index is 0.245. The second kappa shape index (κ2) is 5.57. The molecule has 0 spiro atoms. The molecule has 0 aliphatic rings. The Morgan fingerprint density at radius 3 is 2.32 bits per heavy atom. The Bertz CT molecular complexity index is 573. The Kier molecular flexibility index (Phi) is 3.85. The number of carbonyl (C=O) groups is 1. The van der Waals surface area contributed by atoms with Crippen LogP contribution in [0.2, 0.25) is 0 Å². The van der Waals surface area contributed by atoms with Crippen molar-refractivity contribution in [3.05, 3.63) is 54.1 Å². The summed E-state index contributed by atoms with van der Waals surface area (Å²) in [6.45, 7) is 1.69. The fraction of sp³-hybridized carbons (Fsp3) is 0.188. The number of hydrogen-bond acceptors (Lipinski definition) is 2. The Balaban J connectivity index is 2.19. The molecule has 0 saturated heterocycles. The number of phenols is 1. The van der Waals surface area contributed by atoms with E-state index in [2.05, 4.69) is 0 Å². The van der Waals surface area contributed by atoms with Gasteiger partial charge in [0.2, 0.25) is 0 Å². The minimum atomic E-state index is -0.787. The van der Waals surface area contributed by atoms with Crippen LogP contribution in [0, 0.1) is 5.92 Å². The molecule has 2 aromatic rings. The van der Waals surface area contributed by atoms with Crippen molar-refractivity contribution >= 4 is 5.97 Å². The standard InChI is InChI=1S/C16H16O3/c1-11(16(18)19)10-12-6-8-13(9-7-12)14-4-2-3-5-15(14)17/h2-9,11,17H,10H2,1H3,(H,18,19). The Hall–Kier alpha value is -2.29. The van der Waals surface area contributed by atoms with Gasteiger partial charge in [-0.15, -0.1) is 0 Å². The van der Waals surface area contributed by atoms with Crippen LogP contribution >= 0.6 is 0 Å². The third-order valence-electron chi connectivity index (χ3n) is 3.13. The molecular formula is C16H16O3. The highest BCUT2D eigenvalue weighted by Gasteiger charge is 2.11. The van der Waals surface area contributed by atoms with E-state index < -0.39 is 11.9 Å². The van der Waals surface area contributed by atoms with E-state index in [1.54, 1.807) is 19.1 Å². The van der Waals surface area contributed by atoms with Crippen molar-refractivity contribution < 1.29 is 15.0 Å². The zero-order chi connectivity index (χ0) is 13.8. The van der Waals surface area contributed by atoms with Crippen molar-refractivity contribution in [3.63, 3.8) is 0 Å². The fourth-order valence-electron chi connectivity index (χ4n) is 1.98. The van der Waals surface area contributed by atoms with E-state index in [1.165, 1.54) is 0 Å². The van der Waals surface area contributed by atoms with Crippen LogP contribution in [0.15, 0.2) is 48.5 Å². The lowest BCUT2D eigenvalue weighted by molar-refractivity contribution is -0.141. The SMILES string of the molecule is CC(Cc1ccc(-c2ccccc2O)cc1)C(=O)O. The maximum Gasteiger partial charge on any atom is 0.306 e. The molecule has 0 saturated carbocycles. The molecule has 19 heavy (non-hydrogen) atoms. The van der Waals surface area contributed by atoms with Crippen LogP contribution in [-0.4, -0.2) is 16.2 Å². The highest BCUT2D eigenvalue weighted by atomic mass is 16.4. The average molecular weight is 256 g/mol. The van der Waals surface area contributed by atoms with E-state index in [0.29, 0.717) is 6.42 Å². The maximum absolute atomic E-state index is 10.8. The van der Waals surface area contributed by atoms with Gasteiger partial charge < -0.3 is 10.2 Å². The summed E-state index contributed by atoms with van der Waals surface area (Å²) in [4.78, 5) is 10.8. The fourth-order valence-corrected chi connectivity index (χ4v) is 1.98. The average Bonchev–Trinajstić information content (AvgIpc) is 2.40. The number of aromatic hydroxyl groups is 1. The van der Waals surface area contributed by atoms with Crippen molar-refractivity contribution in [2.45, 2.75) is 13.3 Å². The number of benzene rings is 2. The van der Waals surface area contributed by atoms with Crippen LogP contribution in [-0.2, 0) is 11.2 Å². The number of phenolic OH excluding ortho intramolecular Hbond substituents is 1. The smallest absolute Gasteiger partial charge is 0.306 e. The number of rotatable bonds is 4. The molecule has 0 aliphatic heterocycles. The number of carboxylic acids is 1. The van der Waals surface area contributed by atoms with Gasteiger partial charge in [-0.05, 0) is 23.6 Å². The third kappa shape index (κ3) is 3.13. The molecule has 0 fully saturated rings. The van der Waals surface area contributed by atoms with Crippen molar-refractivity contribution in [1.82, 2.24) is 0 Å². The van der Waals surface area contributed by atoms with Crippen LogP contribution in [0.5, 0.6) is 5.75 Å². The first-order valence-electron chi connectivity index (χ1n) is 6.18. The summed E-state index contributed by atoms with van der Waals surface area (Å²) in [5.41, 5.74) is 2.68. The lowest BCUT2D eigenvalue weighted by Gasteiger charge is -2.08. The summed E-state index contributed by atoms with van der Waals surface area (Å²) >= 11 is 0. The second-order valence-electron chi connectivity index (χ2n) is 4.66. The minimum Gasteiger partial charge on any atom is -0.507 e. The molecule has 3 heteroatoms. The molecule has 3 nitrogen and oxygen atoms in total. The summed E-state index contributed by atoms with van der Waals surface area (Å²) < 4.78 is 0. The summed E-state index contributed by atoms with van der Waals surface area (Å²) in [5, 5.41) is 18.7. The summed E-state index contributed by atoms with van der Waals surface area (Å²) in [5.74, 6) is -0.935. The van der Waals surface area contributed by atoms with Gasteiger partial charge in [-0.1, -0.05) is 49.4 Å². The van der Waals surface area contributed by atoms with Crippen LogP contribution in [0.4, 0.5) is 0 Å². The molecule has 0 aromatic heterocycles. The molecule has 98 valence electrons. The molecule has 1 atom stereocenters. The molecule has 2 N–H and O–H groups in total. The predicted molar refractivity (Wildman–Crippen MR) is 74.0 cm³/mol. The van der Waals surface area contributed by atoms with E-state index in [-0.39, 0.29) is 5.75 Å². The molecule has 2 aromatic carbocycles. The largest absolute Gasteiger partial charge is 0.507 e. The van der Waals surface area contributed by atoms with Crippen molar-refractivity contribution in [2.24, 2.45) is 5.92 Å². The van der Waals surface area contributed by atoms with Gasteiger partial charge in [-0.2, -0.15) is 0 Å². The molecule has 0 bridgehead atoms. The van der Waals surface area contributed by atoms with Gasteiger partial charge in [0.05, 0.1) is 5.92 Å². The first-order valence-corrected chi connectivity index (χ1v) is 6.18. The quantitative estimate of drug-likeness (QED) is 0.882. The van der Waals surface area contributed by atoms with Gasteiger partial charge in [0.1, 0.15) is 5.75 Å². The lowest BCUT2D eigenvalue weighted by atomic mass is 9.98. The molecule has 0 radical (unpaired) electrons. The number of hydrogen-bond donors (Lipinski definition) is 2. The van der Waals surface area contributed by atoms with E-state index in [1.807, 2.05) is 36.4 Å². The van der Waals surface area contributed by atoms with E-state index >= 15 is 0 Å². The van der Waals surface area contributed by atoms with Crippen molar-refractivity contribution in [2.75, 3.05) is 0 Å².